The predicted octanol–water partition coefficient (Wildman–Crippen LogP) is 5.10. The number of amides is 3. The minimum atomic E-state index is -1.17. The lowest BCUT2D eigenvalue weighted by atomic mass is 9.84. The number of nitrogens with zero attached hydrogens (tertiary/aromatic N) is 5. The summed E-state index contributed by atoms with van der Waals surface area (Å²) in [6.45, 7) is 13.5. The summed E-state index contributed by atoms with van der Waals surface area (Å²) in [4.78, 5) is 67.0. The number of pyridine rings is 1. The molecule has 2 N–H and O–H groups in total. The Morgan fingerprint density at radius 3 is 2.66 bits per heavy atom. The maximum Gasteiger partial charge on any atom is 0.324 e. The minimum absolute atomic E-state index is 0.122. The Bertz CT molecular complexity index is 2130. The second-order valence-electron chi connectivity index (χ2n) is 17.2. The van der Waals surface area contributed by atoms with Crippen molar-refractivity contribution in [3.63, 3.8) is 0 Å². The van der Waals surface area contributed by atoms with Crippen LogP contribution in [0.15, 0.2) is 41.5 Å². The van der Waals surface area contributed by atoms with Gasteiger partial charge in [0.15, 0.2) is 0 Å². The number of nitrogens with one attached hydrogen (secondary N) is 2. The van der Waals surface area contributed by atoms with Gasteiger partial charge in [0.05, 0.1) is 42.0 Å². The smallest absolute Gasteiger partial charge is 0.324 e. The number of carbonyl (C=O) groups is 4. The molecule has 6 bridgehead atoms. The first-order valence-corrected chi connectivity index (χ1v) is 21.9. The fourth-order valence-corrected chi connectivity index (χ4v) is 10.1. The molecule has 0 spiro atoms. The summed E-state index contributed by atoms with van der Waals surface area (Å²) in [6, 6.07) is 8.40. The van der Waals surface area contributed by atoms with E-state index in [-0.39, 0.29) is 43.1 Å². The Labute approximate surface area is 351 Å². The van der Waals surface area contributed by atoms with Gasteiger partial charge in [0, 0.05) is 74.7 Å². The lowest BCUT2D eigenvalue weighted by Crippen LogP contribution is -2.63. The number of methoxy groups -OCH3 is 1. The van der Waals surface area contributed by atoms with Gasteiger partial charge in [-0.3, -0.25) is 34.2 Å². The van der Waals surface area contributed by atoms with Crippen molar-refractivity contribution in [2.75, 3.05) is 46.7 Å². The number of hydrogen-bond donors (Lipinski definition) is 2. The third-order valence-corrected chi connectivity index (χ3v) is 13.4. The van der Waals surface area contributed by atoms with E-state index in [9.17, 15) is 19.2 Å². The molecule has 4 aliphatic rings. The second kappa shape index (κ2) is 17.3. The second-order valence-corrected chi connectivity index (χ2v) is 18.3. The van der Waals surface area contributed by atoms with E-state index in [1.54, 1.807) is 27.4 Å². The Hall–Kier alpha value is -4.31. The van der Waals surface area contributed by atoms with Gasteiger partial charge in [0.1, 0.15) is 23.2 Å². The van der Waals surface area contributed by atoms with Crippen molar-refractivity contribution in [1.29, 1.82) is 0 Å². The number of carbonyl (C=O) groups excluding carboxylic acids is 4. The Morgan fingerprint density at radius 1 is 1.17 bits per heavy atom. The van der Waals surface area contributed by atoms with E-state index in [1.807, 2.05) is 26.8 Å². The molecule has 0 radical (unpaired) electrons. The third-order valence-electron chi connectivity index (χ3n) is 12.3. The first kappa shape index (κ1) is 42.8. The zero-order valence-electron chi connectivity index (χ0n) is 35.7. The highest BCUT2D eigenvalue weighted by Gasteiger charge is 2.57. The minimum Gasteiger partial charge on any atom is -0.464 e. The molecule has 3 aliphatic heterocycles. The van der Waals surface area contributed by atoms with Gasteiger partial charge in [-0.1, -0.05) is 26.8 Å². The molecule has 14 nitrogen and oxygen atoms in total. The molecule has 1 aromatic carbocycles. The van der Waals surface area contributed by atoms with Crippen LogP contribution in [-0.4, -0.2) is 113 Å². The molecular formula is C44H59N7O7S. The average molecular weight is 830 g/mol. The number of aryl methyl sites for hydroxylation is 1. The lowest BCUT2D eigenvalue weighted by molar-refractivity contribution is -0.156. The Kier molecular flexibility index (Phi) is 12.6. The maximum absolute atomic E-state index is 14.7. The van der Waals surface area contributed by atoms with E-state index in [1.165, 1.54) is 21.7 Å². The zero-order chi connectivity index (χ0) is 42.3. The topological polar surface area (TPSA) is 157 Å². The number of esters is 1. The summed E-state index contributed by atoms with van der Waals surface area (Å²) < 4.78 is 20.6. The number of cyclic esters (lactones) is 1. The molecule has 1 aliphatic carbocycles. The van der Waals surface area contributed by atoms with Gasteiger partial charge >= 0.3 is 5.97 Å². The Morgan fingerprint density at radius 2 is 1.95 bits per heavy atom. The first-order chi connectivity index (χ1) is 28.2. The van der Waals surface area contributed by atoms with Gasteiger partial charge in [0.25, 0.3) is 5.91 Å². The number of rotatable bonds is 9. The van der Waals surface area contributed by atoms with Crippen molar-refractivity contribution in [1.82, 2.24) is 30.2 Å². The van der Waals surface area contributed by atoms with E-state index in [0.717, 1.165) is 39.0 Å². The maximum atomic E-state index is 14.7. The molecular weight excluding hydrogens is 771 g/mol. The van der Waals surface area contributed by atoms with Gasteiger partial charge in [0.2, 0.25) is 11.8 Å². The largest absolute Gasteiger partial charge is 0.464 e. The summed E-state index contributed by atoms with van der Waals surface area (Å²) >= 11 is 1.52. The van der Waals surface area contributed by atoms with Crippen LogP contribution in [0.25, 0.3) is 22.2 Å². The molecule has 7 rings (SSSR count). The highest BCUT2D eigenvalue weighted by molar-refractivity contribution is 8.14. The monoisotopic (exact) mass is 829 g/mol. The highest BCUT2D eigenvalue weighted by Crippen LogP contribution is 2.47. The quantitative estimate of drug-likeness (QED) is 0.279. The van der Waals surface area contributed by atoms with Crippen LogP contribution in [0.4, 0.5) is 0 Å². The molecule has 318 valence electrons. The van der Waals surface area contributed by atoms with Gasteiger partial charge < -0.3 is 29.0 Å². The number of aliphatic imine (C=N–C) groups is 1. The third kappa shape index (κ3) is 8.40. The van der Waals surface area contributed by atoms with Gasteiger partial charge in [-0.25, -0.2) is 5.43 Å². The highest BCUT2D eigenvalue weighted by atomic mass is 32.2. The van der Waals surface area contributed by atoms with Crippen molar-refractivity contribution in [2.45, 2.75) is 97.7 Å². The number of aromatic nitrogens is 2. The van der Waals surface area contributed by atoms with Crippen molar-refractivity contribution in [3.8, 4) is 11.3 Å². The number of hydrazine groups is 1. The molecule has 1 saturated carbocycles. The van der Waals surface area contributed by atoms with E-state index >= 15 is 0 Å². The summed E-state index contributed by atoms with van der Waals surface area (Å²) in [5.41, 5.74) is 8.77. The van der Waals surface area contributed by atoms with Crippen molar-refractivity contribution in [2.24, 2.45) is 28.2 Å². The van der Waals surface area contributed by atoms with Crippen LogP contribution < -0.4 is 10.7 Å². The van der Waals surface area contributed by atoms with Gasteiger partial charge in [-0.2, -0.15) is 0 Å². The standard InChI is InChI=1S/C44H59N7O7S/c1-10-50-32-17-16-26-20-28(32)29(37(50)27-14-12-18-45-35(27)25(4)56-9)21-44(5,6)23-58-43(55)30-15-13-19-51(48-30)42(54)36(38(57-11-2)40-46-31(26)22-59-40)47-39(52)33-24(3)34(33)41(53)49(7)8/h12,14,16-18,20,24-25,30-31,33-34,36,38,48H,10-11,13,15,19,21-23H2,1-9H3,(H,47,52)/t24-,25+,30+,31?,33-,34-,36+,38+/m1/s1. The van der Waals surface area contributed by atoms with Gasteiger partial charge in [-0.15, -0.1) is 11.8 Å². The molecule has 2 aromatic heterocycles. The molecule has 3 amide bonds. The Balaban J connectivity index is 1.35. The normalized spacial score (nSPS) is 27.4. The molecule has 3 aromatic rings. The van der Waals surface area contributed by atoms with Crippen LogP contribution in [0.1, 0.15) is 83.4 Å². The van der Waals surface area contributed by atoms with Gasteiger partial charge in [-0.05, 0) is 81.3 Å². The van der Waals surface area contributed by atoms with Crippen molar-refractivity contribution in [3.05, 3.63) is 53.3 Å². The van der Waals surface area contributed by atoms with E-state index in [2.05, 4.69) is 60.3 Å². The molecule has 8 atom stereocenters. The molecule has 1 unspecified atom stereocenters. The van der Waals surface area contributed by atoms with Crippen LogP contribution in [0, 0.1) is 23.2 Å². The van der Waals surface area contributed by atoms with E-state index in [0.29, 0.717) is 43.1 Å². The number of fused-ring (bicyclic) bond motifs is 5. The molecule has 59 heavy (non-hydrogen) atoms. The lowest BCUT2D eigenvalue weighted by Gasteiger charge is -2.37. The zero-order valence-corrected chi connectivity index (χ0v) is 36.6. The number of thioether (sulfide) groups is 1. The van der Waals surface area contributed by atoms with Crippen molar-refractivity contribution < 1.29 is 33.4 Å². The summed E-state index contributed by atoms with van der Waals surface area (Å²) in [7, 11) is 5.04. The van der Waals surface area contributed by atoms with Crippen LogP contribution in [0.3, 0.4) is 0 Å². The molecule has 5 heterocycles. The fraction of sp³-hybridized carbons (Fsp3) is 0.591. The van der Waals surface area contributed by atoms with Crippen LogP contribution in [0.2, 0.25) is 0 Å². The molecule has 15 heteroatoms. The number of ether oxygens (including phenoxy) is 3. The number of benzene rings is 1. The predicted molar refractivity (Wildman–Crippen MR) is 227 cm³/mol. The summed E-state index contributed by atoms with van der Waals surface area (Å²) in [5.74, 6) is -2.02. The summed E-state index contributed by atoms with van der Waals surface area (Å²) in [6.07, 6.45) is 2.27. The van der Waals surface area contributed by atoms with Crippen molar-refractivity contribution >= 4 is 51.4 Å². The number of hydrogen-bond acceptors (Lipinski definition) is 11. The van der Waals surface area contributed by atoms with Crippen LogP contribution >= 0.6 is 11.8 Å². The van der Waals surface area contributed by atoms with Crippen LogP contribution in [0.5, 0.6) is 0 Å². The van der Waals surface area contributed by atoms with E-state index in [4.69, 9.17) is 24.2 Å². The fourth-order valence-electron chi connectivity index (χ4n) is 8.96. The van der Waals surface area contributed by atoms with E-state index < -0.39 is 47.3 Å². The molecule has 1 saturated heterocycles. The SMILES string of the molecule is CCO[C@@H]1C2=NC(CS2)c2ccc3c(c2)c(c(-c2cccnc2[C@H](C)OC)n3CC)CC(C)(C)COC(=O)[C@@H]2CCCN(N2)C(=O)[C@H]1NC(=O)[C@@H]1[C@@H](C)[C@H]1C(=O)N(C)C. The average Bonchev–Trinajstić information content (AvgIpc) is 3.51. The summed E-state index contributed by atoms with van der Waals surface area (Å²) in [5, 5.41) is 6.13. The van der Waals surface area contributed by atoms with Crippen LogP contribution in [-0.2, 0) is 46.4 Å². The molecule has 2 fully saturated rings. The first-order valence-electron chi connectivity index (χ1n) is 20.9.